The molecule has 0 spiro atoms. The predicted molar refractivity (Wildman–Crippen MR) is 132 cm³/mol. The number of benzene rings is 1. The van der Waals surface area contributed by atoms with Crippen LogP contribution in [0.3, 0.4) is 0 Å². The molecule has 0 aliphatic carbocycles. The summed E-state index contributed by atoms with van der Waals surface area (Å²) < 4.78 is 24.9. The predicted octanol–water partition coefficient (Wildman–Crippen LogP) is 5.29. The van der Waals surface area contributed by atoms with Gasteiger partial charge in [-0.1, -0.05) is 26.0 Å². The number of aliphatic imine (C=N–C) groups is 1. The summed E-state index contributed by atoms with van der Waals surface area (Å²) in [5.41, 5.74) is 1.31. The maximum absolute atomic E-state index is 13.0. The largest absolute Gasteiger partial charge is 0.475 e. The van der Waals surface area contributed by atoms with E-state index < -0.39 is 0 Å². The number of amides is 1. The number of rotatable bonds is 13. The van der Waals surface area contributed by atoms with Gasteiger partial charge in [0, 0.05) is 17.7 Å². The molecular weight excluding hydrogens is 423 g/mol. The van der Waals surface area contributed by atoms with E-state index in [1.165, 1.54) is 24.3 Å². The van der Waals surface area contributed by atoms with Crippen molar-refractivity contribution in [2.75, 3.05) is 18.5 Å². The summed E-state index contributed by atoms with van der Waals surface area (Å²) in [6.45, 7) is 12.0. The second-order valence-electron chi connectivity index (χ2n) is 8.36. The first-order valence-corrected chi connectivity index (χ1v) is 11.5. The fourth-order valence-corrected chi connectivity index (χ4v) is 2.89. The van der Waals surface area contributed by atoms with Crippen molar-refractivity contribution in [2.45, 2.75) is 72.6 Å². The van der Waals surface area contributed by atoms with Gasteiger partial charge in [-0.2, -0.15) is 0 Å². The number of allylic oxidation sites excluding steroid dienone is 1. The molecule has 6 nitrogen and oxygen atoms in total. The van der Waals surface area contributed by atoms with E-state index in [-0.39, 0.29) is 55.5 Å². The van der Waals surface area contributed by atoms with Crippen LogP contribution in [0.1, 0.15) is 54.4 Å². The van der Waals surface area contributed by atoms with Gasteiger partial charge in [0.2, 0.25) is 11.8 Å². The Morgan fingerprint density at radius 2 is 1.88 bits per heavy atom. The standard InChI is InChI=1S/C26H39FN2O4/c1-7-8-9-24(32-15-14-25(31)29-23-12-10-22(27)11-13-23)20(5)21(6)28-26(33-18(2)3)16-19(4)17-30/h8-13,16,18,20-21,24,30H,7,14-15,17H2,1-6H3,(H,29,31)/b9-8-,19-16+,28-26?/t20-,21?,24?/m1/s1. The lowest BCUT2D eigenvalue weighted by Gasteiger charge is -2.25. The third kappa shape index (κ3) is 11.8. The molecule has 0 radical (unpaired) electrons. The lowest BCUT2D eigenvalue weighted by molar-refractivity contribution is -0.117. The molecule has 0 fully saturated rings. The quantitative estimate of drug-likeness (QED) is 0.237. The van der Waals surface area contributed by atoms with Crippen LogP contribution in [0.4, 0.5) is 10.1 Å². The second kappa shape index (κ2) is 15.3. The molecule has 0 saturated heterocycles. The van der Waals surface area contributed by atoms with Crippen molar-refractivity contribution in [3.05, 3.63) is 53.9 Å². The van der Waals surface area contributed by atoms with Crippen molar-refractivity contribution in [3.63, 3.8) is 0 Å². The molecule has 1 aromatic carbocycles. The molecule has 0 heterocycles. The highest BCUT2D eigenvalue weighted by atomic mass is 19.1. The van der Waals surface area contributed by atoms with Crippen molar-refractivity contribution in [1.29, 1.82) is 0 Å². The van der Waals surface area contributed by atoms with Crippen LogP contribution in [0.15, 0.2) is 53.1 Å². The highest BCUT2D eigenvalue weighted by Crippen LogP contribution is 2.18. The van der Waals surface area contributed by atoms with Gasteiger partial charge >= 0.3 is 0 Å². The normalized spacial score (nSPS) is 15.5. The van der Waals surface area contributed by atoms with Crippen molar-refractivity contribution < 1.29 is 23.8 Å². The molecule has 0 aromatic heterocycles. The number of carbonyl (C=O) groups excluding carboxylic acids is 1. The van der Waals surface area contributed by atoms with Gasteiger partial charge in [0.15, 0.2) is 0 Å². The van der Waals surface area contributed by atoms with Gasteiger partial charge in [0.05, 0.1) is 37.9 Å². The second-order valence-corrected chi connectivity index (χ2v) is 8.36. The number of nitrogens with one attached hydrogen (secondary N) is 1. The zero-order valence-electron chi connectivity index (χ0n) is 20.7. The first kappa shape index (κ1) is 28.5. The molecule has 2 N–H and O–H groups in total. The molecule has 3 atom stereocenters. The van der Waals surface area contributed by atoms with Crippen LogP contribution in [0.25, 0.3) is 0 Å². The lowest BCUT2D eigenvalue weighted by Crippen LogP contribution is -2.30. The van der Waals surface area contributed by atoms with E-state index in [4.69, 9.17) is 14.5 Å². The van der Waals surface area contributed by atoms with Gasteiger partial charge in [-0.15, -0.1) is 0 Å². The van der Waals surface area contributed by atoms with Gasteiger partial charge in [-0.25, -0.2) is 9.38 Å². The Morgan fingerprint density at radius 1 is 1.21 bits per heavy atom. The number of carbonyl (C=O) groups is 1. The van der Waals surface area contributed by atoms with Crippen molar-refractivity contribution >= 4 is 17.5 Å². The van der Waals surface area contributed by atoms with Crippen molar-refractivity contribution in [2.24, 2.45) is 10.9 Å². The third-order valence-corrected chi connectivity index (χ3v) is 4.91. The summed E-state index contributed by atoms with van der Waals surface area (Å²) in [7, 11) is 0. The zero-order chi connectivity index (χ0) is 24.8. The third-order valence-electron chi connectivity index (χ3n) is 4.91. The average Bonchev–Trinajstić information content (AvgIpc) is 2.76. The molecule has 7 heteroatoms. The fraction of sp³-hybridized carbons (Fsp3) is 0.538. The smallest absolute Gasteiger partial charge is 0.226 e. The van der Waals surface area contributed by atoms with Crippen LogP contribution in [0.5, 0.6) is 0 Å². The zero-order valence-corrected chi connectivity index (χ0v) is 20.7. The monoisotopic (exact) mass is 462 g/mol. The Kier molecular flexibility index (Phi) is 13.3. The van der Waals surface area contributed by atoms with E-state index >= 15 is 0 Å². The highest BCUT2D eigenvalue weighted by Gasteiger charge is 2.22. The molecule has 33 heavy (non-hydrogen) atoms. The van der Waals surface area contributed by atoms with Gasteiger partial charge in [-0.05, 0) is 64.0 Å². The summed E-state index contributed by atoms with van der Waals surface area (Å²) in [4.78, 5) is 16.9. The molecule has 1 aromatic rings. The molecule has 1 amide bonds. The van der Waals surface area contributed by atoms with Gasteiger partial charge in [0.25, 0.3) is 0 Å². The van der Waals surface area contributed by atoms with E-state index in [1.54, 1.807) is 6.08 Å². The van der Waals surface area contributed by atoms with Gasteiger partial charge < -0.3 is 19.9 Å². The molecule has 1 rings (SSSR count). The van der Waals surface area contributed by atoms with Crippen LogP contribution in [0, 0.1) is 11.7 Å². The summed E-state index contributed by atoms with van der Waals surface area (Å²) in [6, 6.07) is 5.52. The first-order chi connectivity index (χ1) is 15.7. The molecular formula is C26H39FN2O4. The lowest BCUT2D eigenvalue weighted by atomic mass is 9.96. The number of halogens is 1. The number of hydrogen-bond donors (Lipinski definition) is 2. The maximum atomic E-state index is 13.0. The van der Waals surface area contributed by atoms with Crippen LogP contribution in [0.2, 0.25) is 0 Å². The van der Waals surface area contributed by atoms with E-state index in [9.17, 15) is 14.3 Å². The molecule has 184 valence electrons. The topological polar surface area (TPSA) is 80.2 Å². The Morgan fingerprint density at radius 3 is 2.45 bits per heavy atom. The fourth-order valence-electron chi connectivity index (χ4n) is 2.89. The molecule has 2 unspecified atom stereocenters. The summed E-state index contributed by atoms with van der Waals surface area (Å²) in [5.74, 6) is -0.0539. The van der Waals surface area contributed by atoms with Gasteiger partial charge in [-0.3, -0.25) is 4.79 Å². The maximum Gasteiger partial charge on any atom is 0.226 e. The van der Waals surface area contributed by atoms with Crippen LogP contribution < -0.4 is 5.32 Å². The number of anilines is 1. The number of hydrogen-bond acceptors (Lipinski definition) is 5. The van der Waals surface area contributed by atoms with Crippen molar-refractivity contribution in [3.8, 4) is 0 Å². The Labute approximate surface area is 197 Å². The summed E-state index contributed by atoms with van der Waals surface area (Å²) >= 11 is 0. The Hall–Kier alpha value is -2.51. The molecule has 0 aliphatic rings. The summed E-state index contributed by atoms with van der Waals surface area (Å²) in [5, 5.41) is 12.1. The number of aliphatic hydroxyl groups is 1. The minimum absolute atomic E-state index is 0.0153. The first-order valence-electron chi connectivity index (χ1n) is 11.5. The van der Waals surface area contributed by atoms with Crippen LogP contribution >= 0.6 is 0 Å². The van der Waals surface area contributed by atoms with Gasteiger partial charge in [0.1, 0.15) is 5.82 Å². The van der Waals surface area contributed by atoms with E-state index in [2.05, 4.69) is 5.32 Å². The minimum Gasteiger partial charge on any atom is -0.475 e. The van der Waals surface area contributed by atoms with Crippen LogP contribution in [-0.4, -0.2) is 48.4 Å². The molecule has 0 saturated carbocycles. The number of aliphatic hydroxyl groups excluding tert-OH is 1. The highest BCUT2D eigenvalue weighted by molar-refractivity contribution is 5.90. The SMILES string of the molecule is CC/C=C\C(OCCC(=O)Nc1ccc(F)cc1)[C@H](C)C(C)N=C(/C=C(\C)CO)OC(C)C. The number of nitrogens with zero attached hydrogens (tertiary/aromatic N) is 1. The van der Waals surface area contributed by atoms with Crippen molar-refractivity contribution in [1.82, 2.24) is 0 Å². The van der Waals surface area contributed by atoms with E-state index in [0.717, 1.165) is 12.0 Å². The average molecular weight is 463 g/mol. The Balaban J connectivity index is 2.79. The van der Waals surface area contributed by atoms with E-state index in [0.29, 0.717) is 11.6 Å². The Bertz CT molecular complexity index is 803. The summed E-state index contributed by atoms with van der Waals surface area (Å²) in [6.07, 6.45) is 6.57. The number of ether oxygens (including phenoxy) is 2. The van der Waals surface area contributed by atoms with Crippen LogP contribution in [-0.2, 0) is 14.3 Å². The molecule has 0 bridgehead atoms. The van der Waals surface area contributed by atoms with E-state index in [1.807, 2.05) is 53.7 Å². The molecule has 0 aliphatic heterocycles. The minimum atomic E-state index is -0.350.